The minimum Gasteiger partial charge on any atom is -0.464 e. The molecule has 58 heavy (non-hydrogen) atoms. The van der Waals surface area contributed by atoms with Crippen molar-refractivity contribution in [2.45, 2.75) is 142 Å². The third kappa shape index (κ3) is 42.7. The lowest BCUT2D eigenvalue weighted by Crippen LogP contribution is -2.31. The van der Waals surface area contributed by atoms with Crippen molar-refractivity contribution in [2.24, 2.45) is 0 Å². The zero-order chi connectivity index (χ0) is 42.3. The van der Waals surface area contributed by atoms with Crippen molar-refractivity contribution in [1.29, 1.82) is 0 Å². The molecule has 10 nitrogen and oxygen atoms in total. The molecule has 2 N–H and O–H groups in total. The van der Waals surface area contributed by atoms with Gasteiger partial charge in [0.2, 0.25) is 0 Å². The van der Waals surface area contributed by atoms with Crippen molar-refractivity contribution in [3.05, 3.63) is 0 Å². The SMILES string of the molecule is CCCCOC(=O)CNC(=O)OCCCCCCCCCC#CC#CC#CC#CC#CC#CC#CC#CCCCCCCCCCOC(=O)NCC(=O)OCCCC. The van der Waals surface area contributed by atoms with Crippen molar-refractivity contribution in [2.75, 3.05) is 39.5 Å². The minimum atomic E-state index is -0.593. The van der Waals surface area contributed by atoms with Crippen LogP contribution >= 0.6 is 0 Å². The summed E-state index contributed by atoms with van der Waals surface area (Å²) in [5, 5.41) is 4.80. The number of carbonyl (C=O) groups excluding carboxylic acids is 4. The van der Waals surface area contributed by atoms with Crippen LogP contribution in [0.15, 0.2) is 0 Å². The number of alkyl carbamates (subject to hydrolysis) is 2. The van der Waals surface area contributed by atoms with Gasteiger partial charge >= 0.3 is 24.1 Å². The van der Waals surface area contributed by atoms with Gasteiger partial charge in [-0.1, -0.05) is 103 Å². The van der Waals surface area contributed by atoms with Gasteiger partial charge in [0, 0.05) is 12.8 Å². The Labute approximate surface area is 348 Å². The Hall–Kier alpha value is -6.04. The molecule has 0 heterocycles. The molecule has 2 amide bonds. The lowest BCUT2D eigenvalue weighted by Gasteiger charge is -2.07. The zero-order valence-electron chi connectivity index (χ0n) is 34.7. The molecule has 0 aromatic rings. The molecule has 0 rings (SSSR count). The first-order chi connectivity index (χ1) is 28.5. The van der Waals surface area contributed by atoms with Gasteiger partial charge in [0.15, 0.2) is 0 Å². The smallest absolute Gasteiger partial charge is 0.407 e. The van der Waals surface area contributed by atoms with Gasteiger partial charge in [0.1, 0.15) is 13.1 Å². The van der Waals surface area contributed by atoms with Crippen LogP contribution in [-0.4, -0.2) is 63.6 Å². The quantitative estimate of drug-likeness (QED) is 0.0363. The molecule has 10 heteroatoms. The van der Waals surface area contributed by atoms with E-state index in [2.05, 4.69) is 105 Å². The molecule has 0 radical (unpaired) electrons. The molecule has 0 aromatic carbocycles. The summed E-state index contributed by atoms with van der Waals surface area (Å²) in [6, 6.07) is 0. The predicted octanol–water partition coefficient (Wildman–Crippen LogP) is 7.39. The predicted molar refractivity (Wildman–Crippen MR) is 227 cm³/mol. The van der Waals surface area contributed by atoms with Crippen molar-refractivity contribution in [3.8, 4) is 94.7 Å². The molecule has 310 valence electrons. The van der Waals surface area contributed by atoms with Crippen LogP contribution in [0.4, 0.5) is 9.59 Å². The molecule has 0 aliphatic carbocycles. The molecule has 0 unspecified atom stereocenters. The van der Waals surface area contributed by atoms with E-state index in [-0.39, 0.29) is 13.1 Å². The zero-order valence-corrected chi connectivity index (χ0v) is 34.7. The standard InChI is InChI=1S/C48H60N2O8/c1-3-5-39-55-45(51)43-49-47(53)57-41-37-35-33-31-29-27-25-23-21-19-17-15-13-11-9-7-8-10-12-14-16-18-20-22-24-26-28-30-32-34-36-38-42-58-48(54)50-44-46(52)56-40-6-4-2/h3-6,23-44H2,1-2H3,(H,49,53)(H,50,54). The van der Waals surface area contributed by atoms with E-state index in [0.717, 1.165) is 128 Å². The fourth-order valence-corrected chi connectivity index (χ4v) is 4.47. The molecule has 0 aliphatic rings. The van der Waals surface area contributed by atoms with Gasteiger partial charge in [-0.05, 0) is 121 Å². The molecule has 0 spiro atoms. The summed E-state index contributed by atoms with van der Waals surface area (Å²) in [5.74, 6) is 42.2. The highest BCUT2D eigenvalue weighted by Crippen LogP contribution is 2.09. The minimum absolute atomic E-state index is 0.172. The normalized spacial score (nSPS) is 8.79. The largest absolute Gasteiger partial charge is 0.464 e. The Morgan fingerprint density at radius 1 is 0.345 bits per heavy atom. The third-order valence-corrected chi connectivity index (χ3v) is 7.62. The van der Waals surface area contributed by atoms with Gasteiger partial charge in [0.25, 0.3) is 0 Å². The fourth-order valence-electron chi connectivity index (χ4n) is 4.47. The van der Waals surface area contributed by atoms with E-state index in [1.54, 1.807) is 0 Å². The van der Waals surface area contributed by atoms with E-state index in [1.807, 2.05) is 13.8 Å². The second kappa shape index (κ2) is 43.7. The topological polar surface area (TPSA) is 129 Å². The lowest BCUT2D eigenvalue weighted by atomic mass is 10.1. The van der Waals surface area contributed by atoms with Crippen LogP contribution in [0.1, 0.15) is 142 Å². The maximum Gasteiger partial charge on any atom is 0.407 e. The van der Waals surface area contributed by atoms with Gasteiger partial charge in [0.05, 0.1) is 26.4 Å². The van der Waals surface area contributed by atoms with Gasteiger partial charge < -0.3 is 29.6 Å². The Morgan fingerprint density at radius 2 is 0.621 bits per heavy atom. The van der Waals surface area contributed by atoms with Crippen molar-refractivity contribution < 1.29 is 38.1 Å². The second-order valence-corrected chi connectivity index (χ2v) is 12.7. The van der Waals surface area contributed by atoms with E-state index in [0.29, 0.717) is 26.4 Å². The highest BCUT2D eigenvalue weighted by Gasteiger charge is 2.08. The lowest BCUT2D eigenvalue weighted by molar-refractivity contribution is -0.143. The van der Waals surface area contributed by atoms with Crippen LogP contribution in [0, 0.1) is 94.7 Å². The third-order valence-electron chi connectivity index (χ3n) is 7.62. The van der Waals surface area contributed by atoms with Crippen LogP contribution in [0.3, 0.4) is 0 Å². The fraction of sp³-hybridized carbons (Fsp3) is 0.583. The number of esters is 2. The van der Waals surface area contributed by atoms with E-state index in [4.69, 9.17) is 18.9 Å². The average molecular weight is 793 g/mol. The van der Waals surface area contributed by atoms with Gasteiger partial charge in [-0.25, -0.2) is 9.59 Å². The summed E-state index contributed by atoms with van der Waals surface area (Å²) < 4.78 is 20.1. The monoisotopic (exact) mass is 792 g/mol. The van der Waals surface area contributed by atoms with Gasteiger partial charge in [-0.2, -0.15) is 0 Å². The maximum absolute atomic E-state index is 11.6. The number of hydrogen-bond donors (Lipinski definition) is 2. The molecule has 0 atom stereocenters. The first kappa shape index (κ1) is 52.0. The number of hydrogen-bond acceptors (Lipinski definition) is 8. The van der Waals surface area contributed by atoms with Crippen LogP contribution in [0.5, 0.6) is 0 Å². The Morgan fingerprint density at radius 3 is 0.948 bits per heavy atom. The summed E-state index contributed by atoms with van der Waals surface area (Å²) in [4.78, 5) is 46.1. The highest BCUT2D eigenvalue weighted by atomic mass is 16.6. The Bertz CT molecular complexity index is 1580. The summed E-state index contributed by atoms with van der Waals surface area (Å²) >= 11 is 0. The van der Waals surface area contributed by atoms with Crippen LogP contribution < -0.4 is 10.6 Å². The van der Waals surface area contributed by atoms with Gasteiger partial charge in [-0.15, -0.1) is 0 Å². The summed E-state index contributed by atoms with van der Waals surface area (Å²) in [5.41, 5.74) is 0. The van der Waals surface area contributed by atoms with E-state index in [1.165, 1.54) is 0 Å². The summed E-state index contributed by atoms with van der Waals surface area (Å²) in [7, 11) is 0. The molecular weight excluding hydrogens is 733 g/mol. The van der Waals surface area contributed by atoms with Crippen LogP contribution in [0.25, 0.3) is 0 Å². The van der Waals surface area contributed by atoms with Crippen LogP contribution in [-0.2, 0) is 28.5 Å². The number of unbranched alkanes of at least 4 members (excludes halogenated alkanes) is 16. The molecular formula is C48H60N2O8. The number of carbonyl (C=O) groups is 4. The number of amides is 2. The Kier molecular flexibility index (Phi) is 39.1. The molecule has 0 saturated carbocycles. The van der Waals surface area contributed by atoms with Gasteiger partial charge in [-0.3, -0.25) is 9.59 Å². The number of nitrogens with one attached hydrogen (secondary N) is 2. The number of rotatable bonds is 28. The van der Waals surface area contributed by atoms with E-state index in [9.17, 15) is 19.2 Å². The molecule has 0 bridgehead atoms. The first-order valence-electron chi connectivity index (χ1n) is 20.6. The Balaban J connectivity index is 3.75. The van der Waals surface area contributed by atoms with Crippen molar-refractivity contribution in [1.82, 2.24) is 10.6 Å². The second-order valence-electron chi connectivity index (χ2n) is 12.7. The highest BCUT2D eigenvalue weighted by molar-refractivity contribution is 5.78. The molecule has 0 aliphatic heterocycles. The molecule has 0 fully saturated rings. The summed E-state index contributed by atoms with van der Waals surface area (Å²) in [6.07, 6.45) is 18.4. The average Bonchev–Trinajstić information content (AvgIpc) is 3.22. The summed E-state index contributed by atoms with van der Waals surface area (Å²) in [6.45, 7) is 5.09. The van der Waals surface area contributed by atoms with Crippen molar-refractivity contribution >= 4 is 24.1 Å². The number of ether oxygens (including phenoxy) is 4. The van der Waals surface area contributed by atoms with E-state index < -0.39 is 24.1 Å². The van der Waals surface area contributed by atoms with Crippen molar-refractivity contribution in [3.63, 3.8) is 0 Å². The van der Waals surface area contributed by atoms with E-state index >= 15 is 0 Å². The molecule has 0 saturated heterocycles. The van der Waals surface area contributed by atoms with Crippen LogP contribution in [0.2, 0.25) is 0 Å². The maximum atomic E-state index is 11.6. The first-order valence-corrected chi connectivity index (χ1v) is 20.6. The molecule has 0 aromatic heterocycles.